The molecule has 0 unspecified atom stereocenters. The standard InChI is InChI=1S/C21H21Cl2N3O4S2.ClH/c1-32(28,29)18-4-2-3-17-19(18)24-21(31-17)26(8-7-25-9-11-30-12-10-25)20(27)15-6-5-14(22)13-16(15)23;/h2-6,13H,7-12H2,1H3;1H. The molecule has 1 aliphatic heterocycles. The number of rotatable bonds is 6. The van der Waals surface area contributed by atoms with Crippen molar-refractivity contribution in [3.05, 3.63) is 52.0 Å². The molecule has 1 saturated heterocycles. The smallest absolute Gasteiger partial charge is 0.261 e. The van der Waals surface area contributed by atoms with E-state index in [-0.39, 0.29) is 28.2 Å². The number of hydrogen-bond donors (Lipinski definition) is 0. The number of halogens is 3. The van der Waals surface area contributed by atoms with Gasteiger partial charge in [0, 0.05) is 37.5 Å². The van der Waals surface area contributed by atoms with Crippen molar-refractivity contribution in [1.29, 1.82) is 0 Å². The summed E-state index contributed by atoms with van der Waals surface area (Å²) in [6, 6.07) is 9.72. The molecule has 1 aromatic heterocycles. The average Bonchev–Trinajstić information content (AvgIpc) is 3.17. The fourth-order valence-electron chi connectivity index (χ4n) is 3.48. The highest BCUT2D eigenvalue weighted by Gasteiger charge is 2.26. The molecule has 1 amide bonds. The molecule has 0 atom stereocenters. The van der Waals surface area contributed by atoms with E-state index in [0.717, 1.165) is 19.3 Å². The summed E-state index contributed by atoms with van der Waals surface area (Å²) >= 11 is 13.6. The molecule has 178 valence electrons. The molecule has 0 radical (unpaired) electrons. The molecule has 0 bridgehead atoms. The van der Waals surface area contributed by atoms with Crippen LogP contribution in [0.25, 0.3) is 10.2 Å². The number of carbonyl (C=O) groups excluding carboxylic acids is 1. The van der Waals surface area contributed by atoms with E-state index < -0.39 is 9.84 Å². The van der Waals surface area contributed by atoms with Crippen molar-refractivity contribution < 1.29 is 17.9 Å². The quantitative estimate of drug-likeness (QED) is 0.452. The summed E-state index contributed by atoms with van der Waals surface area (Å²) in [5.41, 5.74) is 0.669. The first kappa shape index (κ1) is 26.2. The zero-order valence-corrected chi connectivity index (χ0v) is 21.6. The van der Waals surface area contributed by atoms with Crippen LogP contribution in [0.1, 0.15) is 10.4 Å². The number of thiazole rings is 1. The van der Waals surface area contributed by atoms with Crippen molar-refractivity contribution in [2.75, 3.05) is 50.5 Å². The Morgan fingerprint density at radius 3 is 2.61 bits per heavy atom. The molecule has 2 aromatic carbocycles. The lowest BCUT2D eigenvalue weighted by Crippen LogP contribution is -2.43. The maximum atomic E-state index is 13.5. The number of hydrogen-bond acceptors (Lipinski definition) is 7. The SMILES string of the molecule is CS(=O)(=O)c1cccc2sc(N(CCN3CCOCC3)C(=O)c3ccc(Cl)cc3Cl)nc12.Cl. The monoisotopic (exact) mass is 549 g/mol. The maximum Gasteiger partial charge on any atom is 0.261 e. The molecule has 3 aromatic rings. The molecular weight excluding hydrogens is 529 g/mol. The summed E-state index contributed by atoms with van der Waals surface area (Å²) in [5, 5.41) is 1.10. The summed E-state index contributed by atoms with van der Waals surface area (Å²) in [5.74, 6) is -0.320. The molecule has 33 heavy (non-hydrogen) atoms. The third kappa shape index (κ3) is 5.97. The highest BCUT2D eigenvalue weighted by Crippen LogP contribution is 2.34. The Kier molecular flexibility index (Phi) is 8.60. The van der Waals surface area contributed by atoms with Gasteiger partial charge in [-0.1, -0.05) is 40.6 Å². The average molecular weight is 551 g/mol. The van der Waals surface area contributed by atoms with Gasteiger partial charge in [-0.3, -0.25) is 14.6 Å². The van der Waals surface area contributed by atoms with E-state index in [2.05, 4.69) is 9.88 Å². The lowest BCUT2D eigenvalue weighted by Gasteiger charge is -2.29. The lowest BCUT2D eigenvalue weighted by atomic mass is 10.2. The highest BCUT2D eigenvalue weighted by atomic mass is 35.5. The zero-order valence-electron chi connectivity index (χ0n) is 17.7. The van der Waals surface area contributed by atoms with E-state index >= 15 is 0 Å². The molecule has 0 N–H and O–H groups in total. The molecule has 1 fully saturated rings. The summed E-state index contributed by atoms with van der Waals surface area (Å²) in [6.45, 7) is 3.84. The number of aromatic nitrogens is 1. The van der Waals surface area contributed by atoms with Gasteiger partial charge in [-0.15, -0.1) is 12.4 Å². The van der Waals surface area contributed by atoms with Crippen LogP contribution in [0.5, 0.6) is 0 Å². The first-order valence-corrected chi connectivity index (χ1v) is 13.4. The van der Waals surface area contributed by atoms with E-state index in [0.29, 0.717) is 52.2 Å². The minimum Gasteiger partial charge on any atom is -0.379 e. The second kappa shape index (κ2) is 10.9. The largest absolute Gasteiger partial charge is 0.379 e. The Morgan fingerprint density at radius 1 is 1.21 bits per heavy atom. The second-order valence-corrected chi connectivity index (χ2v) is 11.2. The van der Waals surface area contributed by atoms with E-state index in [4.69, 9.17) is 27.9 Å². The van der Waals surface area contributed by atoms with Crippen molar-refractivity contribution in [3.63, 3.8) is 0 Å². The van der Waals surface area contributed by atoms with Crippen molar-refractivity contribution in [1.82, 2.24) is 9.88 Å². The number of morpholine rings is 1. The first-order valence-electron chi connectivity index (χ1n) is 9.90. The van der Waals surface area contributed by atoms with E-state index in [1.807, 2.05) is 0 Å². The summed E-state index contributed by atoms with van der Waals surface area (Å²) in [7, 11) is -3.47. The van der Waals surface area contributed by atoms with E-state index in [9.17, 15) is 13.2 Å². The number of carbonyl (C=O) groups is 1. The van der Waals surface area contributed by atoms with Gasteiger partial charge in [0.15, 0.2) is 15.0 Å². The van der Waals surface area contributed by atoms with Gasteiger partial charge < -0.3 is 4.74 Å². The minimum atomic E-state index is -3.47. The van der Waals surface area contributed by atoms with Crippen LogP contribution in [0, 0.1) is 0 Å². The highest BCUT2D eigenvalue weighted by molar-refractivity contribution is 7.91. The Hall–Kier alpha value is -1.46. The van der Waals surface area contributed by atoms with E-state index in [1.54, 1.807) is 29.2 Å². The van der Waals surface area contributed by atoms with Crippen molar-refractivity contribution in [2.24, 2.45) is 0 Å². The lowest BCUT2D eigenvalue weighted by molar-refractivity contribution is 0.0391. The van der Waals surface area contributed by atoms with Gasteiger partial charge in [0.05, 0.1) is 33.4 Å². The van der Waals surface area contributed by atoms with Crippen LogP contribution in [0.2, 0.25) is 10.0 Å². The topological polar surface area (TPSA) is 79.8 Å². The Bertz CT molecular complexity index is 1260. The van der Waals surface area contributed by atoms with Crippen LogP contribution < -0.4 is 4.90 Å². The molecule has 2 heterocycles. The number of benzene rings is 2. The van der Waals surface area contributed by atoms with Gasteiger partial charge in [0.2, 0.25) is 0 Å². The van der Waals surface area contributed by atoms with Crippen molar-refractivity contribution in [3.8, 4) is 0 Å². The number of anilines is 1. The Balaban J connectivity index is 0.00000306. The minimum absolute atomic E-state index is 0. The predicted octanol–water partition coefficient (Wildman–Crippen LogP) is 4.41. The van der Waals surface area contributed by atoms with Crippen LogP contribution in [0.15, 0.2) is 41.3 Å². The van der Waals surface area contributed by atoms with Gasteiger partial charge in [-0.25, -0.2) is 13.4 Å². The molecule has 4 rings (SSSR count). The van der Waals surface area contributed by atoms with Gasteiger partial charge in [0.25, 0.3) is 5.91 Å². The van der Waals surface area contributed by atoms with Crippen LogP contribution >= 0.6 is 46.9 Å². The molecule has 7 nitrogen and oxygen atoms in total. The van der Waals surface area contributed by atoms with Crippen molar-refractivity contribution in [2.45, 2.75) is 4.90 Å². The second-order valence-electron chi connectivity index (χ2n) is 7.41. The summed E-state index contributed by atoms with van der Waals surface area (Å²) in [4.78, 5) is 22.0. The third-order valence-electron chi connectivity index (χ3n) is 5.15. The van der Waals surface area contributed by atoms with Crippen LogP contribution in [-0.2, 0) is 14.6 Å². The number of sulfone groups is 1. The van der Waals surface area contributed by atoms with E-state index in [1.165, 1.54) is 23.5 Å². The number of amides is 1. The number of nitrogens with zero attached hydrogens (tertiary/aromatic N) is 3. The van der Waals surface area contributed by atoms with Crippen LogP contribution in [0.3, 0.4) is 0 Å². The molecule has 12 heteroatoms. The number of para-hydroxylation sites is 1. The summed E-state index contributed by atoms with van der Waals surface area (Å²) in [6.07, 6.45) is 1.15. The van der Waals surface area contributed by atoms with Gasteiger partial charge in [-0.2, -0.15) is 0 Å². The predicted molar refractivity (Wildman–Crippen MR) is 135 cm³/mol. The first-order chi connectivity index (χ1) is 15.2. The molecule has 1 aliphatic rings. The molecule has 0 spiro atoms. The van der Waals surface area contributed by atoms with Crippen LogP contribution in [-0.4, -0.2) is 69.9 Å². The molecular formula is C21H22Cl3N3O4S2. The molecule has 0 aliphatic carbocycles. The Labute approximate surface area is 212 Å². The fraction of sp³-hybridized carbons (Fsp3) is 0.333. The molecule has 0 saturated carbocycles. The normalized spacial score (nSPS) is 14.8. The third-order valence-corrected chi connectivity index (χ3v) is 7.87. The number of ether oxygens (including phenoxy) is 1. The number of fused-ring (bicyclic) bond motifs is 1. The zero-order chi connectivity index (χ0) is 22.9. The van der Waals surface area contributed by atoms with Gasteiger partial charge in [-0.05, 0) is 30.3 Å². The van der Waals surface area contributed by atoms with Crippen molar-refractivity contribution >= 4 is 78.0 Å². The fourth-order valence-corrected chi connectivity index (χ4v) is 5.89. The Morgan fingerprint density at radius 2 is 1.94 bits per heavy atom. The maximum absolute atomic E-state index is 13.5. The van der Waals surface area contributed by atoms with Gasteiger partial charge in [0.1, 0.15) is 5.52 Å². The summed E-state index contributed by atoms with van der Waals surface area (Å²) < 4.78 is 30.5. The van der Waals surface area contributed by atoms with Crippen LogP contribution in [0.4, 0.5) is 5.13 Å². The van der Waals surface area contributed by atoms with Gasteiger partial charge >= 0.3 is 0 Å².